The molecule has 0 aliphatic rings. The zero-order chi connectivity index (χ0) is 9.42. The number of halogens is 1. The normalized spacial score (nSPS) is 10.5. The molecule has 0 radical (unpaired) electrons. The first-order valence-corrected chi connectivity index (χ1v) is 4.79. The maximum atomic E-state index is 11.4. The van der Waals surface area contributed by atoms with Crippen LogP contribution < -0.4 is 5.56 Å². The topological polar surface area (TPSA) is 48.6 Å². The number of nitrogens with one attached hydrogen (secondary N) is 2. The van der Waals surface area contributed by atoms with Crippen molar-refractivity contribution in [3.05, 3.63) is 37.8 Å². The van der Waals surface area contributed by atoms with E-state index in [9.17, 15) is 4.79 Å². The average molecular weight is 257 g/mol. The van der Waals surface area contributed by atoms with Crippen molar-refractivity contribution in [3.63, 3.8) is 0 Å². The summed E-state index contributed by atoms with van der Waals surface area (Å²) in [4.78, 5) is 16.8. The molecule has 1 aromatic heterocycles. The molecule has 13 heavy (non-hydrogen) atoms. The number of hydrogen-bond donors (Lipinski definition) is 2. The Bertz CT molecular complexity index is 572. The second-order valence-corrected chi connectivity index (χ2v) is 3.83. The minimum Gasteiger partial charge on any atom is -0.331 e. The molecule has 0 aliphatic carbocycles. The smallest absolute Gasteiger partial charge is 0.259 e. The second-order valence-electron chi connectivity index (χ2n) is 2.57. The van der Waals surface area contributed by atoms with Crippen molar-refractivity contribution in [2.75, 3.05) is 0 Å². The molecule has 66 valence electrons. The van der Waals surface area contributed by atoms with E-state index in [1.165, 1.54) is 0 Å². The maximum absolute atomic E-state index is 11.4. The monoisotopic (exact) mass is 256 g/mol. The van der Waals surface area contributed by atoms with Gasteiger partial charge < -0.3 is 4.98 Å². The van der Waals surface area contributed by atoms with E-state index in [1.807, 2.05) is 6.07 Å². The van der Waals surface area contributed by atoms with E-state index in [-0.39, 0.29) is 5.56 Å². The molecular weight excluding hydrogens is 252 g/mol. The fourth-order valence-electron chi connectivity index (χ4n) is 1.16. The number of H-pyrrole nitrogens is 2. The van der Waals surface area contributed by atoms with Gasteiger partial charge in [0, 0.05) is 4.47 Å². The molecule has 0 bridgehead atoms. The quantitative estimate of drug-likeness (QED) is 0.712. The standard InChI is InChI=1S/C8H5BrN2OS/c9-5-3-1-2-4-6(5)10-8(13)11-7(4)12/h1-3H,(H2,10,11,12,13). The number of aromatic nitrogens is 2. The van der Waals surface area contributed by atoms with Crippen molar-refractivity contribution in [2.24, 2.45) is 0 Å². The molecule has 0 saturated heterocycles. The van der Waals surface area contributed by atoms with Gasteiger partial charge in [-0.25, -0.2) is 0 Å². The number of para-hydroxylation sites is 1. The summed E-state index contributed by atoms with van der Waals surface area (Å²) in [6, 6.07) is 5.40. The fraction of sp³-hybridized carbons (Fsp3) is 0. The van der Waals surface area contributed by atoms with Crippen LogP contribution in [-0.2, 0) is 0 Å². The van der Waals surface area contributed by atoms with E-state index >= 15 is 0 Å². The van der Waals surface area contributed by atoms with Gasteiger partial charge >= 0.3 is 0 Å². The molecular formula is C8H5BrN2OS. The first kappa shape index (κ1) is 8.65. The van der Waals surface area contributed by atoms with E-state index in [2.05, 4.69) is 25.9 Å². The highest BCUT2D eigenvalue weighted by molar-refractivity contribution is 9.10. The van der Waals surface area contributed by atoms with Crippen LogP contribution >= 0.6 is 28.1 Å². The Labute approximate surface area is 86.9 Å². The lowest BCUT2D eigenvalue weighted by Crippen LogP contribution is -2.07. The molecule has 2 N–H and O–H groups in total. The fourth-order valence-corrected chi connectivity index (χ4v) is 1.82. The van der Waals surface area contributed by atoms with E-state index in [0.717, 1.165) is 9.99 Å². The van der Waals surface area contributed by atoms with Gasteiger partial charge in [-0.2, -0.15) is 0 Å². The van der Waals surface area contributed by atoms with Gasteiger partial charge in [0.2, 0.25) is 0 Å². The number of rotatable bonds is 0. The molecule has 0 saturated carbocycles. The highest BCUT2D eigenvalue weighted by atomic mass is 79.9. The molecule has 2 aromatic rings. The van der Waals surface area contributed by atoms with Gasteiger partial charge in [-0.1, -0.05) is 6.07 Å². The second kappa shape index (κ2) is 3.08. The molecule has 3 nitrogen and oxygen atoms in total. The van der Waals surface area contributed by atoms with Gasteiger partial charge in [-0.15, -0.1) is 0 Å². The third kappa shape index (κ3) is 1.45. The Morgan fingerprint density at radius 3 is 2.85 bits per heavy atom. The van der Waals surface area contributed by atoms with Crippen LogP contribution in [0.5, 0.6) is 0 Å². The molecule has 0 aliphatic heterocycles. The minimum atomic E-state index is -0.167. The molecule has 0 fully saturated rings. The summed E-state index contributed by atoms with van der Waals surface area (Å²) in [6.07, 6.45) is 0. The Morgan fingerprint density at radius 1 is 1.31 bits per heavy atom. The number of fused-ring (bicyclic) bond motifs is 1. The van der Waals surface area contributed by atoms with E-state index in [4.69, 9.17) is 12.2 Å². The number of aromatic amines is 2. The van der Waals surface area contributed by atoms with E-state index < -0.39 is 0 Å². The summed E-state index contributed by atoms with van der Waals surface area (Å²) >= 11 is 8.19. The van der Waals surface area contributed by atoms with Crippen LogP contribution in [0.3, 0.4) is 0 Å². The number of benzene rings is 1. The summed E-state index contributed by atoms with van der Waals surface area (Å²) in [7, 11) is 0. The molecule has 1 heterocycles. The molecule has 2 rings (SSSR count). The van der Waals surface area contributed by atoms with Gasteiger partial charge in [0.05, 0.1) is 10.9 Å². The lowest BCUT2D eigenvalue weighted by atomic mass is 10.2. The van der Waals surface area contributed by atoms with Crippen LogP contribution in [-0.4, -0.2) is 9.97 Å². The zero-order valence-corrected chi connectivity index (χ0v) is 8.83. The average Bonchev–Trinajstić information content (AvgIpc) is 2.07. The lowest BCUT2D eigenvalue weighted by molar-refractivity contribution is 1.14. The Hall–Kier alpha value is -0.940. The predicted octanol–water partition coefficient (Wildman–Crippen LogP) is 2.35. The Balaban J connectivity index is 3.12. The predicted molar refractivity (Wildman–Crippen MR) is 57.5 cm³/mol. The first-order chi connectivity index (χ1) is 6.18. The van der Waals surface area contributed by atoms with Gasteiger partial charge in [0.25, 0.3) is 5.56 Å². The lowest BCUT2D eigenvalue weighted by Gasteiger charge is -1.98. The Morgan fingerprint density at radius 2 is 2.08 bits per heavy atom. The van der Waals surface area contributed by atoms with Gasteiger partial charge in [-0.3, -0.25) is 9.78 Å². The van der Waals surface area contributed by atoms with Crippen LogP contribution in [0.2, 0.25) is 0 Å². The molecule has 0 unspecified atom stereocenters. The van der Waals surface area contributed by atoms with Crippen molar-refractivity contribution in [1.82, 2.24) is 9.97 Å². The van der Waals surface area contributed by atoms with Gasteiger partial charge in [-0.05, 0) is 40.3 Å². The van der Waals surface area contributed by atoms with Crippen molar-refractivity contribution >= 4 is 39.1 Å². The van der Waals surface area contributed by atoms with Gasteiger partial charge in [0.1, 0.15) is 0 Å². The van der Waals surface area contributed by atoms with Crippen molar-refractivity contribution in [1.29, 1.82) is 0 Å². The van der Waals surface area contributed by atoms with E-state index in [1.54, 1.807) is 12.1 Å². The molecule has 1 aromatic carbocycles. The highest BCUT2D eigenvalue weighted by Crippen LogP contribution is 2.18. The van der Waals surface area contributed by atoms with Crippen LogP contribution in [0.1, 0.15) is 0 Å². The SMILES string of the molecule is O=c1[nH]c(=S)[nH]c2c(Br)cccc12. The van der Waals surface area contributed by atoms with Crippen molar-refractivity contribution in [2.45, 2.75) is 0 Å². The van der Waals surface area contributed by atoms with Gasteiger partial charge in [0.15, 0.2) is 4.77 Å². The highest BCUT2D eigenvalue weighted by Gasteiger charge is 2.00. The zero-order valence-electron chi connectivity index (χ0n) is 6.43. The molecule has 0 atom stereocenters. The Kier molecular flexibility index (Phi) is 2.05. The summed E-state index contributed by atoms with van der Waals surface area (Å²) in [5, 5.41) is 0.600. The summed E-state index contributed by atoms with van der Waals surface area (Å²) in [5.41, 5.74) is 0.566. The third-order valence-corrected chi connectivity index (χ3v) is 2.59. The summed E-state index contributed by atoms with van der Waals surface area (Å²) in [5.74, 6) is 0. The third-order valence-electron chi connectivity index (χ3n) is 1.72. The maximum Gasteiger partial charge on any atom is 0.259 e. The molecule has 0 spiro atoms. The number of hydrogen-bond acceptors (Lipinski definition) is 2. The summed E-state index contributed by atoms with van der Waals surface area (Å²) < 4.78 is 1.17. The largest absolute Gasteiger partial charge is 0.331 e. The minimum absolute atomic E-state index is 0.167. The molecule has 0 amide bonds. The molecule has 5 heteroatoms. The summed E-state index contributed by atoms with van der Waals surface area (Å²) in [6.45, 7) is 0. The van der Waals surface area contributed by atoms with Crippen LogP contribution in [0.25, 0.3) is 10.9 Å². The van der Waals surface area contributed by atoms with Crippen LogP contribution in [0, 0.1) is 4.77 Å². The van der Waals surface area contributed by atoms with E-state index in [0.29, 0.717) is 10.2 Å². The first-order valence-electron chi connectivity index (χ1n) is 3.59. The van der Waals surface area contributed by atoms with Crippen molar-refractivity contribution < 1.29 is 0 Å². The van der Waals surface area contributed by atoms with Crippen LogP contribution in [0.15, 0.2) is 27.5 Å². The van der Waals surface area contributed by atoms with Crippen molar-refractivity contribution in [3.8, 4) is 0 Å². The van der Waals surface area contributed by atoms with Crippen LogP contribution in [0.4, 0.5) is 0 Å².